The van der Waals surface area contributed by atoms with E-state index < -0.39 is 0 Å². The van der Waals surface area contributed by atoms with Crippen molar-refractivity contribution < 1.29 is 0 Å². The number of benzene rings is 3. The van der Waals surface area contributed by atoms with Gasteiger partial charge in [0.2, 0.25) is 0 Å². The molecule has 114 valence electrons. The van der Waals surface area contributed by atoms with Crippen molar-refractivity contribution in [2.45, 2.75) is 13.0 Å². The molecule has 1 aliphatic heterocycles. The molecule has 0 saturated carbocycles. The lowest BCUT2D eigenvalue weighted by Gasteiger charge is -2.25. The number of hydrogen-bond donors (Lipinski definition) is 0. The van der Waals surface area contributed by atoms with Gasteiger partial charge in [-0.3, -0.25) is 4.90 Å². The molecule has 3 aromatic rings. The molecule has 0 aromatic heterocycles. The molecule has 0 fully saturated rings. The van der Waals surface area contributed by atoms with Gasteiger partial charge in [0.15, 0.2) is 0 Å². The maximum Gasteiger partial charge on any atom is 0.0243 e. The topological polar surface area (TPSA) is 3.24 Å². The first-order valence-electron chi connectivity index (χ1n) is 8.35. The van der Waals surface area contributed by atoms with Crippen LogP contribution >= 0.6 is 0 Å². The normalized spacial score (nSPS) is 15.1. The molecule has 0 atom stereocenters. The lowest BCUT2D eigenvalue weighted by Crippen LogP contribution is -2.26. The van der Waals surface area contributed by atoms with Gasteiger partial charge >= 0.3 is 0 Å². The molecule has 0 amide bonds. The molecule has 1 heteroatoms. The Labute approximate surface area is 137 Å². The number of rotatable bonds is 3. The van der Waals surface area contributed by atoms with Crippen LogP contribution in [0.5, 0.6) is 0 Å². The lowest BCUT2D eigenvalue weighted by molar-refractivity contribution is 0.291. The second-order valence-electron chi connectivity index (χ2n) is 6.18. The van der Waals surface area contributed by atoms with Crippen LogP contribution in [0, 0.1) is 0 Å². The maximum atomic E-state index is 2.52. The molecule has 0 aliphatic carbocycles. The van der Waals surface area contributed by atoms with Gasteiger partial charge in [0.25, 0.3) is 0 Å². The molecule has 23 heavy (non-hydrogen) atoms. The van der Waals surface area contributed by atoms with E-state index in [0.717, 1.165) is 26.1 Å². The molecule has 1 nitrogen and oxygen atoms in total. The van der Waals surface area contributed by atoms with Gasteiger partial charge < -0.3 is 0 Å². The molecule has 0 unspecified atom stereocenters. The summed E-state index contributed by atoms with van der Waals surface area (Å²) in [5.74, 6) is 0. The summed E-state index contributed by atoms with van der Waals surface area (Å²) >= 11 is 0. The molecule has 1 aliphatic rings. The summed E-state index contributed by atoms with van der Waals surface area (Å²) in [6.07, 6.45) is 5.73. The quantitative estimate of drug-likeness (QED) is 0.596. The Hall–Kier alpha value is -2.38. The van der Waals surface area contributed by atoms with Crippen molar-refractivity contribution in [3.63, 3.8) is 0 Å². The van der Waals surface area contributed by atoms with Gasteiger partial charge in [-0.15, -0.1) is 0 Å². The SMILES string of the molecule is C1=CCN(Cc2ccc3ccccc3c2-c2ccccc2)CC1. The highest BCUT2D eigenvalue weighted by molar-refractivity contribution is 5.98. The van der Waals surface area contributed by atoms with Crippen molar-refractivity contribution in [2.75, 3.05) is 13.1 Å². The second kappa shape index (κ2) is 6.39. The van der Waals surface area contributed by atoms with Gasteiger partial charge in [-0.25, -0.2) is 0 Å². The van der Waals surface area contributed by atoms with Crippen LogP contribution in [0.1, 0.15) is 12.0 Å². The predicted octanol–water partition coefficient (Wildman–Crippen LogP) is 5.27. The van der Waals surface area contributed by atoms with Crippen LogP contribution in [-0.2, 0) is 6.54 Å². The summed E-state index contributed by atoms with van der Waals surface area (Å²) in [5.41, 5.74) is 4.12. The molecule has 0 N–H and O–H groups in total. The van der Waals surface area contributed by atoms with Crippen LogP contribution in [0.15, 0.2) is 78.9 Å². The van der Waals surface area contributed by atoms with E-state index in [0.29, 0.717) is 0 Å². The van der Waals surface area contributed by atoms with E-state index in [9.17, 15) is 0 Å². The first-order chi connectivity index (χ1) is 11.4. The Morgan fingerprint density at radius 3 is 2.43 bits per heavy atom. The zero-order valence-corrected chi connectivity index (χ0v) is 13.3. The van der Waals surface area contributed by atoms with Crippen LogP contribution in [-0.4, -0.2) is 18.0 Å². The minimum Gasteiger partial charge on any atom is -0.295 e. The first-order valence-corrected chi connectivity index (χ1v) is 8.35. The fourth-order valence-corrected chi connectivity index (χ4v) is 3.47. The zero-order valence-electron chi connectivity index (χ0n) is 13.3. The number of hydrogen-bond acceptors (Lipinski definition) is 1. The van der Waals surface area contributed by atoms with Crippen LogP contribution in [0.3, 0.4) is 0 Å². The summed E-state index contributed by atoms with van der Waals surface area (Å²) in [6, 6.07) is 24.1. The van der Waals surface area contributed by atoms with E-state index in [-0.39, 0.29) is 0 Å². The van der Waals surface area contributed by atoms with Crippen LogP contribution in [0.25, 0.3) is 21.9 Å². The highest BCUT2D eigenvalue weighted by Crippen LogP contribution is 2.33. The molecule has 1 heterocycles. The molecule has 0 saturated heterocycles. The van der Waals surface area contributed by atoms with Gasteiger partial charge in [-0.1, -0.05) is 78.9 Å². The average molecular weight is 299 g/mol. The van der Waals surface area contributed by atoms with Gasteiger partial charge in [-0.2, -0.15) is 0 Å². The highest BCUT2D eigenvalue weighted by atomic mass is 15.1. The average Bonchev–Trinajstić information content (AvgIpc) is 2.63. The zero-order chi connectivity index (χ0) is 15.5. The third kappa shape index (κ3) is 2.93. The highest BCUT2D eigenvalue weighted by Gasteiger charge is 2.13. The number of fused-ring (bicyclic) bond motifs is 1. The number of nitrogens with zero attached hydrogens (tertiary/aromatic N) is 1. The van der Waals surface area contributed by atoms with Gasteiger partial charge in [0, 0.05) is 19.6 Å². The van der Waals surface area contributed by atoms with Crippen molar-refractivity contribution >= 4 is 10.8 Å². The van der Waals surface area contributed by atoms with Crippen molar-refractivity contribution in [1.82, 2.24) is 4.90 Å². The van der Waals surface area contributed by atoms with Crippen molar-refractivity contribution in [3.8, 4) is 11.1 Å². The lowest BCUT2D eigenvalue weighted by atomic mass is 9.93. The van der Waals surface area contributed by atoms with E-state index in [1.165, 1.54) is 27.5 Å². The summed E-state index contributed by atoms with van der Waals surface area (Å²) in [7, 11) is 0. The standard InChI is InChI=1S/C22H21N/c1-3-10-19(11-4-1)22-20(17-23-15-7-2-8-16-23)14-13-18-9-5-6-12-21(18)22/h1-7,9-14H,8,15-17H2. The van der Waals surface area contributed by atoms with Crippen molar-refractivity contribution in [2.24, 2.45) is 0 Å². The summed E-state index contributed by atoms with van der Waals surface area (Å²) < 4.78 is 0. The van der Waals surface area contributed by atoms with E-state index >= 15 is 0 Å². The van der Waals surface area contributed by atoms with E-state index in [4.69, 9.17) is 0 Å². The van der Waals surface area contributed by atoms with Crippen molar-refractivity contribution in [1.29, 1.82) is 0 Å². The Morgan fingerprint density at radius 1 is 0.783 bits per heavy atom. The van der Waals surface area contributed by atoms with E-state index in [1.54, 1.807) is 0 Å². The third-order valence-corrected chi connectivity index (χ3v) is 4.61. The second-order valence-corrected chi connectivity index (χ2v) is 6.18. The summed E-state index contributed by atoms with van der Waals surface area (Å²) in [5, 5.41) is 2.66. The molecule has 0 spiro atoms. The Morgan fingerprint density at radius 2 is 1.61 bits per heavy atom. The smallest absolute Gasteiger partial charge is 0.0243 e. The maximum absolute atomic E-state index is 2.52. The van der Waals surface area contributed by atoms with Gasteiger partial charge in [0.05, 0.1) is 0 Å². The largest absolute Gasteiger partial charge is 0.295 e. The molecular formula is C22H21N. The Kier molecular flexibility index (Phi) is 3.95. The van der Waals surface area contributed by atoms with Gasteiger partial charge in [0.1, 0.15) is 0 Å². The first kappa shape index (κ1) is 14.2. The molecular weight excluding hydrogens is 278 g/mol. The minimum absolute atomic E-state index is 1.01. The Balaban J connectivity index is 1.84. The predicted molar refractivity (Wildman–Crippen MR) is 98.4 cm³/mol. The molecule has 4 rings (SSSR count). The summed E-state index contributed by atoms with van der Waals surface area (Å²) in [4.78, 5) is 2.52. The molecule has 0 bridgehead atoms. The van der Waals surface area contributed by atoms with E-state index in [1.807, 2.05) is 0 Å². The Bertz CT molecular complexity index is 833. The van der Waals surface area contributed by atoms with Crippen LogP contribution < -0.4 is 0 Å². The minimum atomic E-state index is 1.01. The van der Waals surface area contributed by atoms with E-state index in [2.05, 4.69) is 83.8 Å². The van der Waals surface area contributed by atoms with Crippen molar-refractivity contribution in [3.05, 3.63) is 84.4 Å². The van der Waals surface area contributed by atoms with Crippen LogP contribution in [0.2, 0.25) is 0 Å². The monoisotopic (exact) mass is 299 g/mol. The molecule has 3 aromatic carbocycles. The summed E-state index contributed by atoms with van der Waals surface area (Å²) in [6.45, 7) is 3.22. The van der Waals surface area contributed by atoms with Gasteiger partial charge in [-0.05, 0) is 33.9 Å². The van der Waals surface area contributed by atoms with Crippen LogP contribution in [0.4, 0.5) is 0 Å². The fourth-order valence-electron chi connectivity index (χ4n) is 3.47. The third-order valence-electron chi connectivity index (χ3n) is 4.61. The molecule has 0 radical (unpaired) electrons. The fraction of sp³-hybridized carbons (Fsp3) is 0.182.